The second kappa shape index (κ2) is 6.01. The minimum atomic E-state index is -3.34. The lowest BCUT2D eigenvalue weighted by Crippen LogP contribution is -2.24. The zero-order chi connectivity index (χ0) is 14.8. The molecule has 0 saturated heterocycles. The summed E-state index contributed by atoms with van der Waals surface area (Å²) in [5.74, 6) is -1.12. The van der Waals surface area contributed by atoms with Crippen molar-refractivity contribution in [2.75, 3.05) is 22.1 Å². The fourth-order valence-corrected chi connectivity index (χ4v) is 2.53. The van der Waals surface area contributed by atoms with Gasteiger partial charge in [0.05, 0.1) is 11.4 Å². The lowest BCUT2D eigenvalue weighted by molar-refractivity contribution is -0.113. The first-order chi connectivity index (χ1) is 9.39. The van der Waals surface area contributed by atoms with Crippen LogP contribution in [0.3, 0.4) is 0 Å². The Balaban J connectivity index is 2.10. The molecule has 1 aromatic carbocycles. The second-order valence-corrected chi connectivity index (χ2v) is 7.62. The number of sulfone groups is 1. The number of anilines is 2. The van der Waals surface area contributed by atoms with Crippen molar-refractivity contribution >= 4 is 38.7 Å². The molecule has 1 amide bonds. The Labute approximate surface area is 123 Å². The minimum absolute atomic E-state index is 0.0524. The standard InChI is InChI=1S/C13H17ClN2O3S/c1-2-20(18,19)8-13(17)16-12-7-9(14)3-6-11(12)15-10-4-5-10/h3,6-7,10,15H,2,4-5,8H2,1H3,(H,16,17). The summed E-state index contributed by atoms with van der Waals surface area (Å²) in [6, 6.07) is 5.55. The monoisotopic (exact) mass is 316 g/mol. The van der Waals surface area contributed by atoms with Gasteiger partial charge in [-0.1, -0.05) is 18.5 Å². The van der Waals surface area contributed by atoms with Crippen LogP contribution in [0.5, 0.6) is 0 Å². The smallest absolute Gasteiger partial charge is 0.239 e. The molecule has 110 valence electrons. The van der Waals surface area contributed by atoms with Gasteiger partial charge in [0, 0.05) is 16.8 Å². The summed E-state index contributed by atoms with van der Waals surface area (Å²) < 4.78 is 22.9. The maximum atomic E-state index is 11.8. The van der Waals surface area contributed by atoms with Crippen LogP contribution in [0.15, 0.2) is 18.2 Å². The molecule has 1 fully saturated rings. The molecule has 0 radical (unpaired) electrons. The number of halogens is 1. The first kappa shape index (κ1) is 15.1. The van der Waals surface area contributed by atoms with Gasteiger partial charge in [0.1, 0.15) is 5.75 Å². The van der Waals surface area contributed by atoms with E-state index in [1.54, 1.807) is 18.2 Å². The molecule has 1 aliphatic rings. The summed E-state index contributed by atoms with van der Waals surface area (Å²) in [5, 5.41) is 6.37. The molecule has 5 nitrogen and oxygen atoms in total. The van der Waals surface area contributed by atoms with Crippen LogP contribution in [-0.4, -0.2) is 31.9 Å². The Morgan fingerprint density at radius 2 is 2.05 bits per heavy atom. The number of rotatable bonds is 6. The molecule has 0 bridgehead atoms. The quantitative estimate of drug-likeness (QED) is 0.844. The average Bonchev–Trinajstić information content (AvgIpc) is 3.16. The number of amides is 1. The molecule has 20 heavy (non-hydrogen) atoms. The maximum Gasteiger partial charge on any atom is 0.239 e. The van der Waals surface area contributed by atoms with E-state index in [1.165, 1.54) is 6.92 Å². The van der Waals surface area contributed by atoms with E-state index in [9.17, 15) is 13.2 Å². The molecule has 2 rings (SSSR count). The van der Waals surface area contributed by atoms with Crippen molar-refractivity contribution < 1.29 is 13.2 Å². The molecule has 0 aliphatic heterocycles. The van der Waals surface area contributed by atoms with E-state index >= 15 is 0 Å². The fourth-order valence-electron chi connectivity index (χ4n) is 1.68. The molecule has 2 N–H and O–H groups in total. The molecule has 0 spiro atoms. The van der Waals surface area contributed by atoms with Gasteiger partial charge in [-0.25, -0.2) is 8.42 Å². The van der Waals surface area contributed by atoms with Gasteiger partial charge >= 0.3 is 0 Å². The van der Waals surface area contributed by atoms with Crippen LogP contribution < -0.4 is 10.6 Å². The topological polar surface area (TPSA) is 75.3 Å². The van der Waals surface area contributed by atoms with Gasteiger partial charge < -0.3 is 10.6 Å². The van der Waals surface area contributed by atoms with Gasteiger partial charge in [-0.3, -0.25) is 4.79 Å². The maximum absolute atomic E-state index is 11.8. The highest BCUT2D eigenvalue weighted by atomic mass is 35.5. The predicted octanol–water partition coefficient (Wildman–Crippen LogP) is 2.29. The fraction of sp³-hybridized carbons (Fsp3) is 0.462. The third-order valence-corrected chi connectivity index (χ3v) is 4.80. The molecule has 1 aromatic rings. The number of hydrogen-bond donors (Lipinski definition) is 2. The highest BCUT2D eigenvalue weighted by Gasteiger charge is 2.22. The van der Waals surface area contributed by atoms with Crippen molar-refractivity contribution in [3.8, 4) is 0 Å². The third kappa shape index (κ3) is 4.38. The molecular formula is C13H17ClN2O3S. The van der Waals surface area contributed by atoms with Gasteiger partial charge in [0.15, 0.2) is 9.84 Å². The lowest BCUT2D eigenvalue weighted by atomic mass is 10.2. The molecule has 7 heteroatoms. The van der Waals surface area contributed by atoms with Crippen LogP contribution in [0.25, 0.3) is 0 Å². The van der Waals surface area contributed by atoms with Gasteiger partial charge in [0.25, 0.3) is 0 Å². The zero-order valence-electron chi connectivity index (χ0n) is 11.1. The highest BCUT2D eigenvalue weighted by Crippen LogP contribution is 2.31. The normalized spacial score (nSPS) is 14.9. The van der Waals surface area contributed by atoms with Crippen molar-refractivity contribution in [2.24, 2.45) is 0 Å². The molecule has 0 heterocycles. The number of carbonyl (C=O) groups is 1. The Kier molecular flexibility index (Phi) is 4.55. The molecule has 0 unspecified atom stereocenters. The SMILES string of the molecule is CCS(=O)(=O)CC(=O)Nc1cc(Cl)ccc1NC1CC1. The number of hydrogen-bond acceptors (Lipinski definition) is 4. The number of benzene rings is 1. The van der Waals surface area contributed by atoms with Crippen LogP contribution >= 0.6 is 11.6 Å². The van der Waals surface area contributed by atoms with Crippen LogP contribution in [-0.2, 0) is 14.6 Å². The van der Waals surface area contributed by atoms with Gasteiger partial charge in [-0.2, -0.15) is 0 Å². The average molecular weight is 317 g/mol. The van der Waals surface area contributed by atoms with Gasteiger partial charge in [-0.05, 0) is 31.0 Å². The van der Waals surface area contributed by atoms with Crippen LogP contribution in [0, 0.1) is 0 Å². The molecular weight excluding hydrogens is 300 g/mol. The van der Waals surface area contributed by atoms with Crippen molar-refractivity contribution in [2.45, 2.75) is 25.8 Å². The molecule has 1 saturated carbocycles. The molecule has 1 aliphatic carbocycles. The highest BCUT2D eigenvalue weighted by molar-refractivity contribution is 7.92. The van der Waals surface area contributed by atoms with Gasteiger partial charge in [-0.15, -0.1) is 0 Å². The van der Waals surface area contributed by atoms with E-state index in [2.05, 4.69) is 10.6 Å². The third-order valence-electron chi connectivity index (χ3n) is 2.98. The van der Waals surface area contributed by atoms with E-state index in [0.29, 0.717) is 16.8 Å². The van der Waals surface area contributed by atoms with Gasteiger partial charge in [0.2, 0.25) is 5.91 Å². The van der Waals surface area contributed by atoms with E-state index < -0.39 is 21.5 Å². The van der Waals surface area contributed by atoms with Crippen molar-refractivity contribution in [1.82, 2.24) is 0 Å². The number of carbonyl (C=O) groups excluding carboxylic acids is 1. The summed E-state index contributed by atoms with van der Waals surface area (Å²) in [7, 11) is -3.34. The Morgan fingerprint density at radius 3 is 2.65 bits per heavy atom. The molecule has 0 aromatic heterocycles. The van der Waals surface area contributed by atoms with E-state index in [-0.39, 0.29) is 5.75 Å². The largest absolute Gasteiger partial charge is 0.381 e. The van der Waals surface area contributed by atoms with E-state index in [4.69, 9.17) is 11.6 Å². The minimum Gasteiger partial charge on any atom is -0.381 e. The Hall–Kier alpha value is -1.27. The molecule has 0 atom stereocenters. The van der Waals surface area contributed by atoms with Crippen molar-refractivity contribution in [1.29, 1.82) is 0 Å². The van der Waals surface area contributed by atoms with Crippen LogP contribution in [0.2, 0.25) is 5.02 Å². The van der Waals surface area contributed by atoms with Crippen molar-refractivity contribution in [3.63, 3.8) is 0 Å². The number of nitrogens with one attached hydrogen (secondary N) is 2. The predicted molar refractivity (Wildman–Crippen MR) is 81.1 cm³/mol. The second-order valence-electron chi connectivity index (χ2n) is 4.83. The summed E-state index contributed by atoms with van der Waals surface area (Å²) in [6.45, 7) is 1.52. The zero-order valence-corrected chi connectivity index (χ0v) is 12.7. The van der Waals surface area contributed by atoms with Crippen molar-refractivity contribution in [3.05, 3.63) is 23.2 Å². The van der Waals surface area contributed by atoms with Crippen LogP contribution in [0.1, 0.15) is 19.8 Å². The van der Waals surface area contributed by atoms with E-state index in [1.807, 2.05) is 0 Å². The summed E-state index contributed by atoms with van der Waals surface area (Å²) in [6.07, 6.45) is 2.19. The Bertz CT molecular complexity index is 612. The lowest BCUT2D eigenvalue weighted by Gasteiger charge is -2.13. The van der Waals surface area contributed by atoms with Crippen LogP contribution in [0.4, 0.5) is 11.4 Å². The van der Waals surface area contributed by atoms with E-state index in [0.717, 1.165) is 18.5 Å². The summed E-state index contributed by atoms with van der Waals surface area (Å²) in [4.78, 5) is 11.8. The summed E-state index contributed by atoms with van der Waals surface area (Å²) >= 11 is 5.92. The first-order valence-electron chi connectivity index (χ1n) is 6.46. The summed E-state index contributed by atoms with van der Waals surface area (Å²) in [5.41, 5.74) is 1.28. The first-order valence-corrected chi connectivity index (χ1v) is 8.66. The Morgan fingerprint density at radius 1 is 1.35 bits per heavy atom.